The van der Waals surface area contributed by atoms with Crippen LogP contribution in [0.1, 0.15) is 26.0 Å². The molecule has 2 aromatic rings. The predicted octanol–water partition coefficient (Wildman–Crippen LogP) is 3.87. The monoisotopic (exact) mass is 310 g/mol. The standard InChI is InChI=1S/C14H19ClN4S/c1-3-5-16-10(2)7-12-9-20-14(18-12)19-13-8-11(15)4-6-17-13/h4,6,8-10,16H,3,5,7H2,1-2H3,(H,17,18,19). The summed E-state index contributed by atoms with van der Waals surface area (Å²) in [6.07, 6.45) is 3.76. The summed E-state index contributed by atoms with van der Waals surface area (Å²) in [4.78, 5) is 8.77. The third-order valence-corrected chi connectivity index (χ3v) is 3.81. The minimum absolute atomic E-state index is 0.439. The van der Waals surface area contributed by atoms with Crippen molar-refractivity contribution in [2.75, 3.05) is 11.9 Å². The van der Waals surface area contributed by atoms with Gasteiger partial charge in [0.25, 0.3) is 0 Å². The van der Waals surface area contributed by atoms with E-state index in [0.717, 1.165) is 36.0 Å². The number of nitrogens with one attached hydrogen (secondary N) is 2. The van der Waals surface area contributed by atoms with Gasteiger partial charge in [-0.3, -0.25) is 0 Å². The Labute approximate surface area is 128 Å². The first-order chi connectivity index (χ1) is 9.67. The molecular weight excluding hydrogens is 292 g/mol. The Morgan fingerprint density at radius 2 is 2.30 bits per heavy atom. The molecule has 0 fully saturated rings. The summed E-state index contributed by atoms with van der Waals surface area (Å²) in [6.45, 7) is 5.39. The number of hydrogen-bond acceptors (Lipinski definition) is 5. The number of anilines is 2. The van der Waals surface area contributed by atoms with Gasteiger partial charge in [0.1, 0.15) is 5.82 Å². The summed E-state index contributed by atoms with van der Waals surface area (Å²) in [5.41, 5.74) is 1.09. The molecule has 108 valence electrons. The molecule has 0 radical (unpaired) electrons. The summed E-state index contributed by atoms with van der Waals surface area (Å²) < 4.78 is 0. The fourth-order valence-corrected chi connectivity index (χ4v) is 2.71. The first-order valence-corrected chi connectivity index (χ1v) is 7.99. The third kappa shape index (κ3) is 4.74. The molecule has 6 heteroatoms. The Morgan fingerprint density at radius 3 is 3.05 bits per heavy atom. The van der Waals surface area contributed by atoms with Crippen LogP contribution in [0.15, 0.2) is 23.7 Å². The maximum Gasteiger partial charge on any atom is 0.188 e. The Hall–Kier alpha value is -1.17. The fourth-order valence-electron chi connectivity index (χ4n) is 1.82. The summed E-state index contributed by atoms with van der Waals surface area (Å²) in [5, 5.41) is 10.2. The largest absolute Gasteiger partial charge is 0.316 e. The number of halogens is 1. The maximum absolute atomic E-state index is 5.93. The van der Waals surface area contributed by atoms with Crippen molar-refractivity contribution in [3.05, 3.63) is 34.4 Å². The molecular formula is C14H19ClN4S. The molecule has 0 amide bonds. The van der Waals surface area contributed by atoms with Gasteiger partial charge in [-0.25, -0.2) is 9.97 Å². The van der Waals surface area contributed by atoms with Crippen LogP contribution in [-0.2, 0) is 6.42 Å². The lowest BCUT2D eigenvalue weighted by atomic mass is 10.2. The molecule has 0 saturated heterocycles. The van der Waals surface area contributed by atoms with Gasteiger partial charge in [-0.1, -0.05) is 18.5 Å². The maximum atomic E-state index is 5.93. The van der Waals surface area contributed by atoms with E-state index in [1.807, 2.05) is 0 Å². The van der Waals surface area contributed by atoms with E-state index in [9.17, 15) is 0 Å². The third-order valence-electron chi connectivity index (χ3n) is 2.77. The molecule has 0 aliphatic carbocycles. The van der Waals surface area contributed by atoms with Crippen molar-refractivity contribution in [1.82, 2.24) is 15.3 Å². The van der Waals surface area contributed by atoms with E-state index in [1.165, 1.54) is 0 Å². The first-order valence-electron chi connectivity index (χ1n) is 6.73. The van der Waals surface area contributed by atoms with Crippen molar-refractivity contribution in [3.8, 4) is 0 Å². The Morgan fingerprint density at radius 1 is 1.45 bits per heavy atom. The Kier molecular flexibility index (Phi) is 5.76. The van der Waals surface area contributed by atoms with Crippen LogP contribution < -0.4 is 10.6 Å². The van der Waals surface area contributed by atoms with Crippen LogP contribution in [0.2, 0.25) is 5.02 Å². The van der Waals surface area contributed by atoms with Crippen molar-refractivity contribution in [1.29, 1.82) is 0 Å². The van der Waals surface area contributed by atoms with Crippen LogP contribution in [0.4, 0.5) is 10.9 Å². The van der Waals surface area contributed by atoms with Crippen LogP contribution in [0.3, 0.4) is 0 Å². The Balaban J connectivity index is 1.92. The molecule has 20 heavy (non-hydrogen) atoms. The second-order valence-corrected chi connectivity index (χ2v) is 5.98. The smallest absolute Gasteiger partial charge is 0.188 e. The van der Waals surface area contributed by atoms with Crippen molar-refractivity contribution in [2.24, 2.45) is 0 Å². The molecule has 4 nitrogen and oxygen atoms in total. The van der Waals surface area contributed by atoms with Crippen molar-refractivity contribution in [3.63, 3.8) is 0 Å². The topological polar surface area (TPSA) is 49.8 Å². The van der Waals surface area contributed by atoms with Gasteiger partial charge in [-0.15, -0.1) is 11.3 Å². The van der Waals surface area contributed by atoms with Crippen LogP contribution in [0.5, 0.6) is 0 Å². The lowest BCUT2D eigenvalue weighted by Gasteiger charge is -2.10. The second kappa shape index (κ2) is 7.57. The predicted molar refractivity (Wildman–Crippen MR) is 86.1 cm³/mol. The molecule has 1 unspecified atom stereocenters. The van der Waals surface area contributed by atoms with Gasteiger partial charge in [-0.2, -0.15) is 0 Å². The van der Waals surface area contributed by atoms with E-state index in [0.29, 0.717) is 11.1 Å². The van der Waals surface area contributed by atoms with E-state index in [2.05, 4.69) is 39.8 Å². The molecule has 0 spiro atoms. The minimum atomic E-state index is 0.439. The molecule has 2 heterocycles. The molecule has 2 aromatic heterocycles. The number of aromatic nitrogens is 2. The highest BCUT2D eigenvalue weighted by molar-refractivity contribution is 7.13. The van der Waals surface area contributed by atoms with E-state index < -0.39 is 0 Å². The average Bonchev–Trinajstić information content (AvgIpc) is 2.83. The van der Waals surface area contributed by atoms with Gasteiger partial charge >= 0.3 is 0 Å². The molecule has 2 N–H and O–H groups in total. The number of thiazole rings is 1. The van der Waals surface area contributed by atoms with E-state index in [4.69, 9.17) is 11.6 Å². The summed E-state index contributed by atoms with van der Waals surface area (Å²) in [6, 6.07) is 3.98. The van der Waals surface area contributed by atoms with Gasteiger partial charge in [0.2, 0.25) is 0 Å². The zero-order chi connectivity index (χ0) is 14.4. The molecule has 0 aliphatic heterocycles. The molecule has 0 aromatic carbocycles. The minimum Gasteiger partial charge on any atom is -0.316 e. The number of hydrogen-bond donors (Lipinski definition) is 2. The fraction of sp³-hybridized carbons (Fsp3) is 0.429. The molecule has 1 atom stereocenters. The van der Waals surface area contributed by atoms with E-state index in [1.54, 1.807) is 29.7 Å². The van der Waals surface area contributed by atoms with Crippen LogP contribution in [0.25, 0.3) is 0 Å². The Bertz CT molecular complexity index is 543. The molecule has 0 saturated carbocycles. The average molecular weight is 311 g/mol. The van der Waals surface area contributed by atoms with Gasteiger partial charge < -0.3 is 10.6 Å². The van der Waals surface area contributed by atoms with Crippen LogP contribution >= 0.6 is 22.9 Å². The lowest BCUT2D eigenvalue weighted by molar-refractivity contribution is 0.540. The molecule has 2 rings (SSSR count). The highest BCUT2D eigenvalue weighted by atomic mass is 35.5. The molecule has 0 bridgehead atoms. The van der Waals surface area contributed by atoms with Gasteiger partial charge in [0.15, 0.2) is 5.13 Å². The van der Waals surface area contributed by atoms with Gasteiger partial charge in [0.05, 0.1) is 5.69 Å². The van der Waals surface area contributed by atoms with Crippen molar-refractivity contribution in [2.45, 2.75) is 32.7 Å². The van der Waals surface area contributed by atoms with E-state index in [-0.39, 0.29) is 0 Å². The SMILES string of the molecule is CCCNC(C)Cc1csc(Nc2cc(Cl)ccn2)n1. The summed E-state index contributed by atoms with van der Waals surface area (Å²) in [5.74, 6) is 0.718. The van der Waals surface area contributed by atoms with Gasteiger partial charge in [-0.05, 0) is 32.0 Å². The van der Waals surface area contributed by atoms with Crippen molar-refractivity contribution < 1.29 is 0 Å². The zero-order valence-electron chi connectivity index (χ0n) is 11.7. The number of pyridine rings is 1. The lowest BCUT2D eigenvalue weighted by Crippen LogP contribution is -2.28. The van der Waals surface area contributed by atoms with Crippen molar-refractivity contribution >= 4 is 33.9 Å². The summed E-state index contributed by atoms with van der Waals surface area (Å²) in [7, 11) is 0. The highest BCUT2D eigenvalue weighted by Gasteiger charge is 2.07. The quantitative estimate of drug-likeness (QED) is 0.815. The molecule has 0 aliphatic rings. The normalized spacial score (nSPS) is 12.3. The second-order valence-electron chi connectivity index (χ2n) is 4.69. The van der Waals surface area contributed by atoms with Crippen LogP contribution in [-0.4, -0.2) is 22.6 Å². The first kappa shape index (κ1) is 15.2. The zero-order valence-corrected chi connectivity index (χ0v) is 13.3. The number of rotatable bonds is 7. The number of nitrogens with zero attached hydrogens (tertiary/aromatic N) is 2. The van der Waals surface area contributed by atoms with Gasteiger partial charge in [0, 0.05) is 29.1 Å². The summed E-state index contributed by atoms with van der Waals surface area (Å²) >= 11 is 7.51. The highest BCUT2D eigenvalue weighted by Crippen LogP contribution is 2.21. The van der Waals surface area contributed by atoms with Crippen LogP contribution in [0, 0.1) is 0 Å². The van der Waals surface area contributed by atoms with E-state index >= 15 is 0 Å².